The van der Waals surface area contributed by atoms with Crippen molar-refractivity contribution in [3.05, 3.63) is 42.5 Å². The number of hydrogen-bond acceptors (Lipinski definition) is 4. The standard InChI is InChI=1S/C29H48O4/c1-5-8-9-10-11-12-13-14-15-16-20-26(28(30)29(4,31)22-6-2)25-19-17-18-21-27(25)33-24-32-23-7-3/h7,17-19,21,26,31H,3,5-6,8-16,20,22-24H2,1-2,4H3. The molecule has 33 heavy (non-hydrogen) atoms. The molecule has 1 N–H and O–H groups in total. The summed E-state index contributed by atoms with van der Waals surface area (Å²) in [6.07, 6.45) is 16.2. The molecule has 0 saturated carbocycles. The maximum absolute atomic E-state index is 13.4. The van der Waals surface area contributed by atoms with Gasteiger partial charge in [0, 0.05) is 11.5 Å². The van der Waals surface area contributed by atoms with E-state index in [4.69, 9.17) is 9.47 Å². The summed E-state index contributed by atoms with van der Waals surface area (Å²) >= 11 is 0. The lowest BCUT2D eigenvalue weighted by Gasteiger charge is -2.28. The fourth-order valence-corrected chi connectivity index (χ4v) is 4.39. The van der Waals surface area contributed by atoms with Crippen LogP contribution in [0.15, 0.2) is 36.9 Å². The highest BCUT2D eigenvalue weighted by molar-refractivity contribution is 5.93. The molecule has 2 atom stereocenters. The number of Topliss-reactive ketones (excluding diaryl/α,β-unsaturated/α-hetero) is 1. The molecule has 4 nitrogen and oxygen atoms in total. The molecule has 0 heterocycles. The van der Waals surface area contributed by atoms with Gasteiger partial charge in [-0.3, -0.25) is 4.79 Å². The Morgan fingerprint density at radius 1 is 1.00 bits per heavy atom. The molecule has 1 aromatic rings. The third kappa shape index (κ3) is 11.9. The molecule has 0 aliphatic carbocycles. The van der Waals surface area contributed by atoms with Crippen LogP contribution in [0, 0.1) is 0 Å². The number of benzene rings is 1. The number of hydrogen-bond donors (Lipinski definition) is 1. The van der Waals surface area contributed by atoms with Gasteiger partial charge in [0.2, 0.25) is 0 Å². The molecule has 188 valence electrons. The summed E-state index contributed by atoms with van der Waals surface area (Å²) in [6, 6.07) is 7.66. The molecule has 1 rings (SSSR count). The normalized spacial score (nSPS) is 13.9. The summed E-state index contributed by atoms with van der Waals surface area (Å²) in [6.45, 7) is 10.1. The van der Waals surface area contributed by atoms with Crippen LogP contribution in [0.2, 0.25) is 0 Å². The molecule has 0 saturated heterocycles. The maximum Gasteiger partial charge on any atom is 0.189 e. The van der Waals surface area contributed by atoms with Crippen molar-refractivity contribution in [2.45, 2.75) is 116 Å². The van der Waals surface area contributed by atoms with Crippen molar-refractivity contribution in [1.82, 2.24) is 0 Å². The van der Waals surface area contributed by atoms with Crippen LogP contribution in [0.3, 0.4) is 0 Å². The molecule has 0 amide bonds. The number of carbonyl (C=O) groups excluding carboxylic acids is 1. The number of ether oxygens (including phenoxy) is 2. The Balaban J connectivity index is 2.72. The van der Waals surface area contributed by atoms with E-state index in [1.54, 1.807) is 13.0 Å². The van der Waals surface area contributed by atoms with E-state index in [-0.39, 0.29) is 18.5 Å². The highest BCUT2D eigenvalue weighted by Gasteiger charge is 2.36. The molecule has 2 unspecified atom stereocenters. The van der Waals surface area contributed by atoms with Gasteiger partial charge in [0.05, 0.1) is 6.61 Å². The van der Waals surface area contributed by atoms with Gasteiger partial charge >= 0.3 is 0 Å². The minimum Gasteiger partial charge on any atom is -0.467 e. The van der Waals surface area contributed by atoms with Crippen LogP contribution in [0.4, 0.5) is 0 Å². The van der Waals surface area contributed by atoms with Crippen LogP contribution >= 0.6 is 0 Å². The van der Waals surface area contributed by atoms with Gasteiger partial charge in [-0.25, -0.2) is 0 Å². The number of unbranched alkanes of at least 4 members (excludes halogenated alkanes) is 9. The van der Waals surface area contributed by atoms with Gasteiger partial charge in [0.15, 0.2) is 12.6 Å². The zero-order valence-corrected chi connectivity index (χ0v) is 21.4. The van der Waals surface area contributed by atoms with Crippen LogP contribution in [-0.2, 0) is 9.53 Å². The van der Waals surface area contributed by atoms with E-state index in [2.05, 4.69) is 13.5 Å². The van der Waals surface area contributed by atoms with Gasteiger partial charge in [-0.1, -0.05) is 109 Å². The first-order valence-corrected chi connectivity index (χ1v) is 13.1. The molecule has 0 radical (unpaired) electrons. The second-order valence-electron chi connectivity index (χ2n) is 9.37. The third-order valence-corrected chi connectivity index (χ3v) is 6.26. The molecule has 0 aliphatic heterocycles. The fraction of sp³-hybridized carbons (Fsp3) is 0.690. The summed E-state index contributed by atoms with van der Waals surface area (Å²) < 4.78 is 11.2. The van der Waals surface area contributed by atoms with Gasteiger partial charge in [0.1, 0.15) is 11.4 Å². The largest absolute Gasteiger partial charge is 0.467 e. The lowest BCUT2D eigenvalue weighted by atomic mass is 9.80. The predicted octanol–water partition coefficient (Wildman–Crippen LogP) is 7.74. The van der Waals surface area contributed by atoms with Crippen LogP contribution in [0.1, 0.15) is 116 Å². The van der Waals surface area contributed by atoms with E-state index in [9.17, 15) is 9.90 Å². The zero-order chi connectivity index (χ0) is 24.4. The lowest BCUT2D eigenvalue weighted by molar-refractivity contribution is -0.138. The lowest BCUT2D eigenvalue weighted by Crippen LogP contribution is -2.39. The number of rotatable bonds is 21. The Morgan fingerprint density at radius 3 is 2.21 bits per heavy atom. The van der Waals surface area contributed by atoms with Gasteiger partial charge in [-0.05, 0) is 25.8 Å². The Bertz CT molecular complexity index is 653. The van der Waals surface area contributed by atoms with Gasteiger partial charge < -0.3 is 14.6 Å². The molecule has 0 bridgehead atoms. The third-order valence-electron chi connectivity index (χ3n) is 6.26. The van der Waals surface area contributed by atoms with Gasteiger partial charge in [0.25, 0.3) is 0 Å². The van der Waals surface area contributed by atoms with Crippen LogP contribution in [0.25, 0.3) is 0 Å². The highest BCUT2D eigenvalue weighted by Crippen LogP contribution is 2.35. The second-order valence-corrected chi connectivity index (χ2v) is 9.37. The second kappa shape index (κ2) is 17.8. The van der Waals surface area contributed by atoms with Crippen molar-refractivity contribution < 1.29 is 19.4 Å². The van der Waals surface area contributed by atoms with E-state index in [0.717, 1.165) is 31.2 Å². The Labute approximate surface area is 202 Å². The maximum atomic E-state index is 13.4. The van der Waals surface area contributed by atoms with Crippen LogP contribution in [0.5, 0.6) is 5.75 Å². The van der Waals surface area contributed by atoms with E-state index >= 15 is 0 Å². The quantitative estimate of drug-likeness (QED) is 0.116. The Morgan fingerprint density at radius 2 is 1.61 bits per heavy atom. The van der Waals surface area contributed by atoms with Crippen molar-refractivity contribution in [2.75, 3.05) is 13.4 Å². The Hall–Kier alpha value is -1.65. The summed E-state index contributed by atoms with van der Waals surface area (Å²) in [5.74, 6) is 0.166. The molecular weight excluding hydrogens is 412 g/mol. The molecule has 0 spiro atoms. The van der Waals surface area contributed by atoms with Gasteiger partial charge in [-0.2, -0.15) is 0 Å². The van der Waals surface area contributed by atoms with Crippen LogP contribution in [-0.4, -0.2) is 29.9 Å². The van der Waals surface area contributed by atoms with E-state index in [1.807, 2.05) is 31.2 Å². The molecular formula is C29H48O4. The smallest absolute Gasteiger partial charge is 0.189 e. The van der Waals surface area contributed by atoms with E-state index < -0.39 is 5.60 Å². The first-order chi connectivity index (χ1) is 16.0. The average molecular weight is 461 g/mol. The monoisotopic (exact) mass is 460 g/mol. The topological polar surface area (TPSA) is 55.8 Å². The molecule has 0 aromatic heterocycles. The van der Waals surface area contributed by atoms with Crippen molar-refractivity contribution in [3.63, 3.8) is 0 Å². The molecule has 4 heteroatoms. The van der Waals surface area contributed by atoms with E-state index in [0.29, 0.717) is 18.8 Å². The predicted molar refractivity (Wildman–Crippen MR) is 138 cm³/mol. The number of aliphatic hydroxyl groups is 1. The van der Waals surface area contributed by atoms with Crippen molar-refractivity contribution >= 4 is 5.78 Å². The molecule has 0 aliphatic rings. The summed E-state index contributed by atoms with van der Waals surface area (Å²) in [4.78, 5) is 13.4. The first-order valence-electron chi connectivity index (χ1n) is 13.1. The van der Waals surface area contributed by atoms with Gasteiger partial charge in [-0.15, -0.1) is 6.58 Å². The SMILES string of the molecule is C=CCOCOc1ccccc1C(CCCCCCCCCCCC)C(=O)C(C)(O)CCC. The van der Waals surface area contributed by atoms with Crippen molar-refractivity contribution in [3.8, 4) is 5.75 Å². The summed E-state index contributed by atoms with van der Waals surface area (Å²) in [5, 5.41) is 10.9. The van der Waals surface area contributed by atoms with Crippen molar-refractivity contribution in [2.24, 2.45) is 0 Å². The average Bonchev–Trinajstić information content (AvgIpc) is 2.80. The summed E-state index contributed by atoms with van der Waals surface area (Å²) in [7, 11) is 0. The Kier molecular flexibility index (Phi) is 15.8. The van der Waals surface area contributed by atoms with Crippen LogP contribution < -0.4 is 4.74 Å². The highest BCUT2D eigenvalue weighted by atomic mass is 16.7. The van der Waals surface area contributed by atoms with Crippen molar-refractivity contribution in [1.29, 1.82) is 0 Å². The fourth-order valence-electron chi connectivity index (χ4n) is 4.39. The first kappa shape index (κ1) is 29.4. The number of ketones is 1. The van der Waals surface area contributed by atoms with E-state index in [1.165, 1.54) is 51.4 Å². The zero-order valence-electron chi connectivity index (χ0n) is 21.4. The molecule has 0 fully saturated rings. The molecule has 1 aromatic carbocycles. The number of para-hydroxylation sites is 1. The summed E-state index contributed by atoms with van der Waals surface area (Å²) in [5.41, 5.74) is -0.485. The minimum absolute atomic E-state index is 0.105. The number of carbonyl (C=O) groups is 1. The minimum atomic E-state index is -1.33.